The number of amides is 3. The fraction of sp³-hybridized carbons (Fsp3) is 0.190. The van der Waals surface area contributed by atoms with Crippen LogP contribution in [0.25, 0.3) is 10.9 Å². The highest BCUT2D eigenvalue weighted by atomic mass is 16.2. The van der Waals surface area contributed by atoms with E-state index in [1.807, 2.05) is 24.3 Å². The molecule has 2 aromatic carbocycles. The minimum atomic E-state index is -0.449. The van der Waals surface area contributed by atoms with Gasteiger partial charge in [-0.2, -0.15) is 0 Å². The smallest absolute Gasteiger partial charge is 0.269 e. The fourth-order valence-corrected chi connectivity index (χ4v) is 3.02. The zero-order valence-electron chi connectivity index (χ0n) is 15.1. The van der Waals surface area contributed by atoms with Gasteiger partial charge in [0, 0.05) is 34.3 Å². The maximum absolute atomic E-state index is 12.3. The number of hydrogen-bond acceptors (Lipinski definition) is 3. The Morgan fingerprint density at radius 3 is 2.64 bits per heavy atom. The predicted octanol–water partition coefficient (Wildman–Crippen LogP) is 2.52. The van der Waals surface area contributed by atoms with Crippen LogP contribution in [-0.2, 0) is 16.0 Å². The van der Waals surface area contributed by atoms with Gasteiger partial charge in [-0.15, -0.1) is 0 Å². The number of hydrogen-bond donors (Lipinski definition) is 4. The maximum atomic E-state index is 12.3. The van der Waals surface area contributed by atoms with Crippen LogP contribution in [0, 0.1) is 5.92 Å². The number of carbonyl (C=O) groups excluding carboxylic acids is 3. The van der Waals surface area contributed by atoms with Crippen molar-refractivity contribution >= 4 is 34.3 Å². The van der Waals surface area contributed by atoms with Crippen molar-refractivity contribution in [1.82, 2.24) is 15.8 Å². The summed E-state index contributed by atoms with van der Waals surface area (Å²) in [4.78, 5) is 39.5. The van der Waals surface area contributed by atoms with E-state index in [4.69, 9.17) is 0 Å². The molecule has 4 rings (SSSR count). The second-order valence-electron chi connectivity index (χ2n) is 6.88. The molecule has 0 bridgehead atoms. The van der Waals surface area contributed by atoms with E-state index in [0.29, 0.717) is 11.3 Å². The molecule has 7 nitrogen and oxygen atoms in total. The molecule has 0 spiro atoms. The molecule has 0 atom stereocenters. The Balaban J connectivity index is 1.33. The molecule has 1 fully saturated rings. The number of H-pyrrole nitrogens is 1. The lowest BCUT2D eigenvalue weighted by Gasteiger charge is -2.09. The molecule has 1 saturated carbocycles. The van der Waals surface area contributed by atoms with Crippen LogP contribution in [0.4, 0.5) is 5.69 Å². The van der Waals surface area contributed by atoms with Crippen LogP contribution >= 0.6 is 0 Å². The highest BCUT2D eigenvalue weighted by Gasteiger charge is 2.29. The molecule has 0 aliphatic heterocycles. The lowest BCUT2D eigenvalue weighted by atomic mass is 10.1. The summed E-state index contributed by atoms with van der Waals surface area (Å²) >= 11 is 0. The van der Waals surface area contributed by atoms with Crippen LogP contribution in [-0.4, -0.2) is 22.7 Å². The van der Waals surface area contributed by atoms with Crippen molar-refractivity contribution in [2.24, 2.45) is 5.92 Å². The summed E-state index contributed by atoms with van der Waals surface area (Å²) in [6, 6.07) is 14.3. The molecular formula is C21H20N4O3. The molecule has 1 aliphatic carbocycles. The van der Waals surface area contributed by atoms with Crippen molar-refractivity contribution < 1.29 is 14.4 Å². The molecular weight excluding hydrogens is 356 g/mol. The standard InChI is InChI=1S/C21H20N4O3/c26-19(11-15-12-22-18-7-2-1-6-17(15)18)24-25-21(28)14-4-3-5-16(10-14)23-20(27)13-8-9-13/h1-7,10,12-13,22H,8-9,11H2,(H,23,27)(H,24,26)(H,25,28). The van der Waals surface area contributed by atoms with Gasteiger partial charge in [0.25, 0.3) is 5.91 Å². The molecule has 1 aromatic heterocycles. The number of nitrogens with one attached hydrogen (secondary N) is 4. The summed E-state index contributed by atoms with van der Waals surface area (Å²) in [6.07, 6.45) is 3.75. The second kappa shape index (κ2) is 7.56. The molecule has 4 N–H and O–H groups in total. The molecule has 3 aromatic rings. The third kappa shape index (κ3) is 4.03. The summed E-state index contributed by atoms with van der Waals surface area (Å²) in [5.74, 6) is -0.711. The molecule has 3 amide bonds. The first-order valence-corrected chi connectivity index (χ1v) is 9.15. The van der Waals surface area contributed by atoms with Gasteiger partial charge in [-0.1, -0.05) is 24.3 Å². The van der Waals surface area contributed by atoms with E-state index in [-0.39, 0.29) is 24.2 Å². The van der Waals surface area contributed by atoms with E-state index in [1.54, 1.807) is 30.5 Å². The minimum Gasteiger partial charge on any atom is -0.361 e. The quantitative estimate of drug-likeness (QED) is 0.515. The van der Waals surface area contributed by atoms with Crippen molar-refractivity contribution in [2.45, 2.75) is 19.3 Å². The Morgan fingerprint density at radius 1 is 1.00 bits per heavy atom. The summed E-state index contributed by atoms with van der Waals surface area (Å²) in [7, 11) is 0. The van der Waals surface area contributed by atoms with Gasteiger partial charge in [-0.3, -0.25) is 25.2 Å². The fourth-order valence-electron chi connectivity index (χ4n) is 3.02. The summed E-state index contributed by atoms with van der Waals surface area (Å²) in [6.45, 7) is 0. The number of aromatic nitrogens is 1. The lowest BCUT2D eigenvalue weighted by molar-refractivity contribution is -0.121. The van der Waals surface area contributed by atoms with Crippen LogP contribution < -0.4 is 16.2 Å². The number of para-hydroxylation sites is 1. The molecule has 28 heavy (non-hydrogen) atoms. The Hall–Kier alpha value is -3.61. The number of carbonyl (C=O) groups is 3. The van der Waals surface area contributed by atoms with Gasteiger partial charge in [-0.05, 0) is 42.7 Å². The first-order chi connectivity index (χ1) is 13.6. The topological polar surface area (TPSA) is 103 Å². The second-order valence-corrected chi connectivity index (χ2v) is 6.88. The van der Waals surface area contributed by atoms with E-state index in [1.165, 1.54) is 0 Å². The van der Waals surface area contributed by atoms with Gasteiger partial charge in [0.15, 0.2) is 0 Å². The molecule has 142 valence electrons. The third-order valence-corrected chi connectivity index (χ3v) is 4.68. The van der Waals surface area contributed by atoms with Gasteiger partial charge in [-0.25, -0.2) is 0 Å². The molecule has 1 heterocycles. The van der Waals surface area contributed by atoms with Crippen molar-refractivity contribution in [1.29, 1.82) is 0 Å². The van der Waals surface area contributed by atoms with Gasteiger partial charge >= 0.3 is 0 Å². The molecule has 0 saturated heterocycles. The normalized spacial score (nSPS) is 13.1. The van der Waals surface area contributed by atoms with E-state index < -0.39 is 5.91 Å². The largest absolute Gasteiger partial charge is 0.361 e. The van der Waals surface area contributed by atoms with Gasteiger partial charge in [0.2, 0.25) is 11.8 Å². The predicted molar refractivity (Wildman–Crippen MR) is 105 cm³/mol. The van der Waals surface area contributed by atoms with Gasteiger partial charge in [0.05, 0.1) is 6.42 Å². The summed E-state index contributed by atoms with van der Waals surface area (Å²) in [5, 5.41) is 3.78. The van der Waals surface area contributed by atoms with E-state index in [9.17, 15) is 14.4 Å². The van der Waals surface area contributed by atoms with Crippen molar-refractivity contribution in [3.05, 3.63) is 65.9 Å². The minimum absolute atomic E-state index is 0.0235. The van der Waals surface area contributed by atoms with Crippen LogP contribution in [0.5, 0.6) is 0 Å². The highest BCUT2D eigenvalue weighted by molar-refractivity contribution is 5.99. The highest BCUT2D eigenvalue weighted by Crippen LogP contribution is 2.30. The number of benzene rings is 2. The number of aromatic amines is 1. The van der Waals surface area contributed by atoms with Crippen LogP contribution in [0.15, 0.2) is 54.7 Å². The SMILES string of the molecule is O=C(Cc1c[nH]c2ccccc12)NNC(=O)c1cccc(NC(=O)C2CC2)c1. The zero-order chi connectivity index (χ0) is 19.5. The zero-order valence-corrected chi connectivity index (χ0v) is 15.1. The van der Waals surface area contributed by atoms with Gasteiger partial charge in [0.1, 0.15) is 0 Å². The molecule has 0 unspecified atom stereocenters. The van der Waals surface area contributed by atoms with Crippen LogP contribution in [0.2, 0.25) is 0 Å². The average molecular weight is 376 g/mol. The third-order valence-electron chi connectivity index (χ3n) is 4.68. The number of fused-ring (bicyclic) bond motifs is 1. The summed E-state index contributed by atoms with van der Waals surface area (Å²) in [5.41, 5.74) is 7.57. The Bertz CT molecular complexity index is 1050. The molecule has 1 aliphatic rings. The first-order valence-electron chi connectivity index (χ1n) is 9.15. The lowest BCUT2D eigenvalue weighted by Crippen LogP contribution is -2.42. The average Bonchev–Trinajstić information content (AvgIpc) is 3.49. The van der Waals surface area contributed by atoms with E-state index >= 15 is 0 Å². The van der Waals surface area contributed by atoms with E-state index in [0.717, 1.165) is 29.3 Å². The monoisotopic (exact) mass is 376 g/mol. The van der Waals surface area contributed by atoms with E-state index in [2.05, 4.69) is 21.2 Å². The number of hydrazine groups is 1. The van der Waals surface area contributed by atoms with Gasteiger partial charge < -0.3 is 10.3 Å². The van der Waals surface area contributed by atoms with Crippen molar-refractivity contribution in [3.8, 4) is 0 Å². The van der Waals surface area contributed by atoms with Crippen molar-refractivity contribution in [3.63, 3.8) is 0 Å². The number of rotatable bonds is 5. The molecule has 7 heteroatoms. The summed E-state index contributed by atoms with van der Waals surface area (Å²) < 4.78 is 0. The number of anilines is 1. The van der Waals surface area contributed by atoms with Crippen molar-refractivity contribution in [2.75, 3.05) is 5.32 Å². The van der Waals surface area contributed by atoms with Crippen LogP contribution in [0.3, 0.4) is 0 Å². The Morgan fingerprint density at radius 2 is 1.82 bits per heavy atom. The maximum Gasteiger partial charge on any atom is 0.269 e. The van der Waals surface area contributed by atoms with Crippen LogP contribution in [0.1, 0.15) is 28.8 Å². The Kier molecular flexibility index (Phi) is 4.80. The first kappa shape index (κ1) is 17.8. The Labute approximate surface area is 161 Å². The molecule has 0 radical (unpaired) electrons.